The molecule has 118 valence electrons. The van der Waals surface area contributed by atoms with Gasteiger partial charge in [-0.3, -0.25) is 0 Å². The lowest BCUT2D eigenvalue weighted by atomic mass is 9.88. The topological polar surface area (TPSA) is 72.2 Å². The molecule has 2 rings (SSSR count). The van der Waals surface area contributed by atoms with E-state index in [0.29, 0.717) is 5.56 Å². The van der Waals surface area contributed by atoms with Crippen molar-refractivity contribution < 1.29 is 12.8 Å². The zero-order valence-corrected chi connectivity index (χ0v) is 13.8. The Morgan fingerprint density at radius 2 is 2.00 bits per heavy atom. The molecule has 0 spiro atoms. The minimum atomic E-state index is -3.71. The number of benzene rings is 1. The van der Waals surface area contributed by atoms with Crippen LogP contribution in [0.4, 0.5) is 10.1 Å². The van der Waals surface area contributed by atoms with Crippen LogP contribution in [0.25, 0.3) is 0 Å². The molecule has 3 N–H and O–H groups in total. The number of rotatable bonds is 3. The second kappa shape index (κ2) is 5.25. The Kier molecular flexibility index (Phi) is 4.06. The molecule has 1 aliphatic carbocycles. The number of hydrogen-bond donors (Lipinski definition) is 2. The van der Waals surface area contributed by atoms with Crippen LogP contribution < -0.4 is 10.5 Å². The molecule has 0 aliphatic heterocycles. The van der Waals surface area contributed by atoms with Gasteiger partial charge in [0.15, 0.2) is 0 Å². The second-order valence-corrected chi connectivity index (χ2v) is 8.25. The number of sulfonamides is 1. The van der Waals surface area contributed by atoms with E-state index in [1.54, 1.807) is 13.8 Å². The largest absolute Gasteiger partial charge is 0.396 e. The molecule has 0 radical (unpaired) electrons. The molecule has 1 unspecified atom stereocenters. The standard InChI is InChI=1S/C15H23FN2O2S/c1-9-8-11(16)13(17)10(2)14(9)21(19,20)18-12-6-5-7-15(12,3)4/h8,12,18H,5-7,17H2,1-4H3. The van der Waals surface area contributed by atoms with E-state index in [4.69, 9.17) is 5.73 Å². The van der Waals surface area contributed by atoms with Gasteiger partial charge in [-0.15, -0.1) is 0 Å². The monoisotopic (exact) mass is 314 g/mol. The Labute approximate surface area is 126 Å². The lowest BCUT2D eigenvalue weighted by molar-refractivity contribution is 0.313. The van der Waals surface area contributed by atoms with Crippen LogP contribution in [-0.4, -0.2) is 14.5 Å². The molecule has 0 heterocycles. The van der Waals surface area contributed by atoms with Crippen LogP contribution >= 0.6 is 0 Å². The fraction of sp³-hybridized carbons (Fsp3) is 0.600. The Hall–Kier alpha value is -1.14. The van der Waals surface area contributed by atoms with Gasteiger partial charge in [0, 0.05) is 6.04 Å². The van der Waals surface area contributed by atoms with E-state index in [1.165, 1.54) is 6.07 Å². The average molecular weight is 314 g/mol. The Balaban J connectivity index is 2.44. The lowest BCUT2D eigenvalue weighted by Crippen LogP contribution is -2.41. The van der Waals surface area contributed by atoms with E-state index in [0.717, 1.165) is 19.3 Å². The summed E-state index contributed by atoms with van der Waals surface area (Å²) < 4.78 is 41.8. The van der Waals surface area contributed by atoms with E-state index >= 15 is 0 Å². The molecule has 1 aliphatic rings. The van der Waals surface area contributed by atoms with Crippen molar-refractivity contribution in [2.45, 2.75) is 57.9 Å². The molecule has 0 aromatic heterocycles. The van der Waals surface area contributed by atoms with Crippen LogP contribution in [0.2, 0.25) is 0 Å². The van der Waals surface area contributed by atoms with Crippen molar-refractivity contribution >= 4 is 15.7 Å². The molecule has 6 heteroatoms. The van der Waals surface area contributed by atoms with Gasteiger partial charge >= 0.3 is 0 Å². The molecule has 0 saturated heterocycles. The first-order valence-corrected chi connectivity index (χ1v) is 8.62. The Bertz CT molecular complexity index is 669. The van der Waals surface area contributed by atoms with Crippen LogP contribution in [0.5, 0.6) is 0 Å². The van der Waals surface area contributed by atoms with Gasteiger partial charge < -0.3 is 5.73 Å². The number of nitrogens with two attached hydrogens (primary N) is 1. The van der Waals surface area contributed by atoms with E-state index in [-0.39, 0.29) is 27.6 Å². The average Bonchev–Trinajstić information content (AvgIpc) is 2.65. The molecule has 1 saturated carbocycles. The van der Waals surface area contributed by atoms with Gasteiger partial charge in [0.1, 0.15) is 5.82 Å². The Morgan fingerprint density at radius 3 is 2.52 bits per heavy atom. The van der Waals surface area contributed by atoms with Gasteiger partial charge in [-0.05, 0) is 49.3 Å². The van der Waals surface area contributed by atoms with Crippen molar-refractivity contribution in [2.75, 3.05) is 5.73 Å². The first-order valence-electron chi connectivity index (χ1n) is 7.14. The van der Waals surface area contributed by atoms with Crippen molar-refractivity contribution in [1.82, 2.24) is 4.72 Å². The number of hydrogen-bond acceptors (Lipinski definition) is 3. The third kappa shape index (κ3) is 2.92. The quantitative estimate of drug-likeness (QED) is 0.843. The predicted molar refractivity (Wildman–Crippen MR) is 82.0 cm³/mol. The highest BCUT2D eigenvalue weighted by atomic mass is 32.2. The molecular weight excluding hydrogens is 291 g/mol. The highest BCUT2D eigenvalue weighted by Gasteiger charge is 2.38. The minimum absolute atomic E-state index is 0.0690. The molecule has 1 aromatic carbocycles. The normalized spacial score (nSPS) is 21.7. The van der Waals surface area contributed by atoms with Gasteiger partial charge in [0.2, 0.25) is 10.0 Å². The third-order valence-corrected chi connectivity index (χ3v) is 6.29. The first-order chi connectivity index (χ1) is 9.56. The summed E-state index contributed by atoms with van der Waals surface area (Å²) in [6, 6.07) is 1.07. The van der Waals surface area contributed by atoms with Crippen LogP contribution in [0, 0.1) is 25.1 Å². The number of anilines is 1. The van der Waals surface area contributed by atoms with Gasteiger partial charge in [-0.1, -0.05) is 20.3 Å². The number of nitrogen functional groups attached to an aromatic ring is 1. The van der Waals surface area contributed by atoms with Crippen molar-refractivity contribution in [3.05, 3.63) is 23.0 Å². The van der Waals surface area contributed by atoms with Crippen LogP contribution in [0.3, 0.4) is 0 Å². The summed E-state index contributed by atoms with van der Waals surface area (Å²) in [5.74, 6) is -0.579. The van der Waals surface area contributed by atoms with Crippen molar-refractivity contribution in [3.8, 4) is 0 Å². The SMILES string of the molecule is Cc1cc(F)c(N)c(C)c1S(=O)(=O)NC1CCCC1(C)C. The smallest absolute Gasteiger partial charge is 0.241 e. The molecule has 1 aromatic rings. The number of aryl methyl sites for hydroxylation is 1. The van der Waals surface area contributed by atoms with Crippen LogP contribution in [0.15, 0.2) is 11.0 Å². The van der Waals surface area contributed by atoms with E-state index in [2.05, 4.69) is 18.6 Å². The highest BCUT2D eigenvalue weighted by molar-refractivity contribution is 7.89. The minimum Gasteiger partial charge on any atom is -0.396 e. The summed E-state index contributed by atoms with van der Waals surface area (Å²) in [4.78, 5) is 0.101. The summed E-state index contributed by atoms with van der Waals surface area (Å²) in [7, 11) is -3.71. The van der Waals surface area contributed by atoms with Crippen LogP contribution in [0.1, 0.15) is 44.2 Å². The molecule has 4 nitrogen and oxygen atoms in total. The maximum absolute atomic E-state index is 13.6. The van der Waals surface area contributed by atoms with Crippen molar-refractivity contribution in [1.29, 1.82) is 0 Å². The maximum atomic E-state index is 13.6. The summed E-state index contributed by atoms with van der Waals surface area (Å²) >= 11 is 0. The molecular formula is C15H23FN2O2S. The fourth-order valence-electron chi connectivity index (χ4n) is 3.14. The fourth-order valence-corrected chi connectivity index (χ4v) is 5.06. The number of halogens is 1. The van der Waals surface area contributed by atoms with Crippen LogP contribution in [-0.2, 0) is 10.0 Å². The zero-order valence-electron chi connectivity index (χ0n) is 13.0. The lowest BCUT2D eigenvalue weighted by Gasteiger charge is -2.28. The Morgan fingerprint density at radius 1 is 1.38 bits per heavy atom. The zero-order chi connectivity index (χ0) is 16.0. The van der Waals surface area contributed by atoms with E-state index < -0.39 is 15.8 Å². The van der Waals surface area contributed by atoms with Gasteiger partial charge in [-0.2, -0.15) is 0 Å². The summed E-state index contributed by atoms with van der Waals surface area (Å²) in [5, 5.41) is 0. The van der Waals surface area contributed by atoms with Crippen molar-refractivity contribution in [3.63, 3.8) is 0 Å². The summed E-state index contributed by atoms with van der Waals surface area (Å²) in [6.07, 6.45) is 2.81. The van der Waals surface area contributed by atoms with Gasteiger partial charge in [-0.25, -0.2) is 17.5 Å². The molecule has 1 atom stereocenters. The third-order valence-electron chi connectivity index (χ3n) is 4.53. The predicted octanol–water partition coefficient (Wildman–Crippen LogP) is 2.88. The van der Waals surface area contributed by atoms with Crippen molar-refractivity contribution in [2.24, 2.45) is 5.41 Å². The summed E-state index contributed by atoms with van der Waals surface area (Å²) in [6.45, 7) is 7.25. The van der Waals surface area contributed by atoms with E-state index in [9.17, 15) is 12.8 Å². The molecule has 0 bridgehead atoms. The maximum Gasteiger partial charge on any atom is 0.241 e. The number of nitrogens with one attached hydrogen (secondary N) is 1. The summed E-state index contributed by atoms with van der Waals surface area (Å²) in [5.41, 5.74) is 6.12. The van der Waals surface area contributed by atoms with Gasteiger partial charge in [0.05, 0.1) is 10.6 Å². The molecule has 21 heavy (non-hydrogen) atoms. The molecule has 1 fully saturated rings. The highest BCUT2D eigenvalue weighted by Crippen LogP contribution is 2.38. The first kappa shape index (κ1) is 16.2. The van der Waals surface area contributed by atoms with Gasteiger partial charge in [0.25, 0.3) is 0 Å². The van der Waals surface area contributed by atoms with E-state index in [1.807, 2.05) is 0 Å². The molecule has 0 amide bonds. The second-order valence-electron chi connectivity index (χ2n) is 6.60.